The summed E-state index contributed by atoms with van der Waals surface area (Å²) < 4.78 is 33.6. The van der Waals surface area contributed by atoms with Gasteiger partial charge in [-0.25, -0.2) is 0 Å². The van der Waals surface area contributed by atoms with Gasteiger partial charge in [-0.3, -0.25) is 9.59 Å². The Bertz CT molecular complexity index is 1270. The van der Waals surface area contributed by atoms with Crippen molar-refractivity contribution < 1.29 is 73.8 Å². The summed E-state index contributed by atoms with van der Waals surface area (Å²) in [6.45, 7) is 2.61. The van der Waals surface area contributed by atoms with Gasteiger partial charge in [-0.05, 0) is 38.5 Å². The normalized spacial score (nSPS) is 25.4. The Balaban J connectivity index is 1.75. The lowest BCUT2D eigenvalue weighted by atomic mass is 9.98. The first-order valence-electron chi connectivity index (χ1n) is 28.3. The number of allylic oxidation sites excluding steroid dienone is 2. The molecule has 0 aromatic rings. The van der Waals surface area contributed by atoms with Gasteiger partial charge < -0.3 is 64.2 Å². The van der Waals surface area contributed by atoms with Crippen LogP contribution in [0, 0.1) is 0 Å². The largest absolute Gasteiger partial charge is 0.462 e. The number of esters is 2. The Hall–Kier alpha value is -1.76. The van der Waals surface area contributed by atoms with E-state index < -0.39 is 92.7 Å². The maximum atomic E-state index is 13.0. The lowest BCUT2D eigenvalue weighted by molar-refractivity contribution is -0.332. The Morgan fingerprint density at radius 1 is 0.443 bits per heavy atom. The zero-order chi connectivity index (χ0) is 51.0. The molecule has 11 atom stereocenters. The highest BCUT2D eigenvalue weighted by molar-refractivity contribution is 5.70. The fraction of sp³-hybridized carbons (Fsp3) is 0.927. The third-order valence-electron chi connectivity index (χ3n) is 13.7. The first kappa shape index (κ1) is 64.4. The average molecular weight is 1000 g/mol. The van der Waals surface area contributed by atoms with Crippen molar-refractivity contribution in [2.24, 2.45) is 0 Å². The van der Waals surface area contributed by atoms with E-state index in [1.165, 1.54) is 135 Å². The van der Waals surface area contributed by atoms with E-state index in [4.69, 9.17) is 28.4 Å². The molecule has 2 fully saturated rings. The molecule has 7 N–H and O–H groups in total. The second-order valence-corrected chi connectivity index (χ2v) is 20.1. The topological polar surface area (TPSA) is 231 Å². The number of ether oxygens (including phenoxy) is 6. The van der Waals surface area contributed by atoms with Crippen LogP contribution in [0.5, 0.6) is 0 Å². The molecule has 0 aliphatic carbocycles. The number of carbonyl (C=O) groups excluding carboxylic acids is 2. The van der Waals surface area contributed by atoms with Crippen molar-refractivity contribution in [3.63, 3.8) is 0 Å². The molecule has 2 aliphatic heterocycles. The molecule has 2 rings (SSSR count). The van der Waals surface area contributed by atoms with Gasteiger partial charge >= 0.3 is 11.9 Å². The van der Waals surface area contributed by atoms with Crippen LogP contribution in [-0.2, 0) is 38.0 Å². The maximum absolute atomic E-state index is 13.0. The second kappa shape index (κ2) is 42.6. The number of hydrogen-bond acceptors (Lipinski definition) is 15. The molecule has 15 heteroatoms. The summed E-state index contributed by atoms with van der Waals surface area (Å²) in [7, 11) is 0. The predicted octanol–water partition coefficient (Wildman–Crippen LogP) is 8.94. The van der Waals surface area contributed by atoms with Gasteiger partial charge in [-0.2, -0.15) is 0 Å². The lowest BCUT2D eigenvalue weighted by Crippen LogP contribution is -2.61. The molecule has 0 radical (unpaired) electrons. The molecule has 15 nitrogen and oxygen atoms in total. The third kappa shape index (κ3) is 29.8. The number of rotatable bonds is 45. The van der Waals surface area contributed by atoms with Crippen LogP contribution in [0.1, 0.15) is 232 Å². The van der Waals surface area contributed by atoms with Crippen molar-refractivity contribution in [1.29, 1.82) is 0 Å². The Labute approximate surface area is 422 Å². The standard InChI is InChI=1S/C55H102O15/c1-3-5-7-9-11-13-15-17-19-20-21-22-23-24-26-27-29-31-33-35-37-46(57)65-40-43(68-47(58)38-36-34-32-30-28-25-18-16-14-12-10-8-6-4-2)41-66-54-53(64)51(62)49(60)45(70-54)42-67-55-52(63)50(61)48(59)44(39-56)69-55/h16,18,43-45,48-56,59-64H,3-15,17,19-42H2,1-2H3/b18-16+/t43-,44+,45+,48-,49-,50?,51?,52?,53?,54+,55+/m0/s1. The molecule has 0 aromatic carbocycles. The summed E-state index contributed by atoms with van der Waals surface area (Å²) in [4.78, 5) is 25.8. The lowest BCUT2D eigenvalue weighted by Gasteiger charge is -2.42. The van der Waals surface area contributed by atoms with Crippen molar-refractivity contribution in [2.75, 3.05) is 26.4 Å². The molecule has 2 aliphatic rings. The Kier molecular flexibility index (Phi) is 39.1. The molecule has 70 heavy (non-hydrogen) atoms. The summed E-state index contributed by atoms with van der Waals surface area (Å²) in [5.74, 6) is -0.921. The van der Waals surface area contributed by atoms with Crippen LogP contribution < -0.4 is 0 Å². The monoisotopic (exact) mass is 1000 g/mol. The highest BCUT2D eigenvalue weighted by atomic mass is 16.7. The molecular weight excluding hydrogens is 901 g/mol. The van der Waals surface area contributed by atoms with E-state index in [2.05, 4.69) is 26.0 Å². The van der Waals surface area contributed by atoms with Crippen LogP contribution >= 0.6 is 0 Å². The second-order valence-electron chi connectivity index (χ2n) is 20.1. The first-order valence-corrected chi connectivity index (χ1v) is 28.3. The SMILES string of the molecule is CCCCCCC/C=C/CCCCCCCC(=O)O[C@@H](COC(=O)CCCCCCCCCCCCCCCCCCCCCC)CO[C@@H]1O[C@H](CO[C@@H]2O[C@H](CO)[C@H](O)C(O)C2O)[C@H](O)C(O)C1O. The molecule has 4 unspecified atom stereocenters. The van der Waals surface area contributed by atoms with E-state index in [-0.39, 0.29) is 26.1 Å². The highest BCUT2D eigenvalue weighted by Crippen LogP contribution is 2.27. The van der Waals surface area contributed by atoms with Gasteiger partial charge in [0.1, 0.15) is 55.4 Å². The molecule has 2 heterocycles. The van der Waals surface area contributed by atoms with Gasteiger partial charge in [0, 0.05) is 12.8 Å². The molecule has 2 saturated heterocycles. The van der Waals surface area contributed by atoms with Crippen molar-refractivity contribution in [1.82, 2.24) is 0 Å². The molecule has 0 spiro atoms. The van der Waals surface area contributed by atoms with Gasteiger partial charge in [-0.1, -0.05) is 193 Å². The van der Waals surface area contributed by atoms with Gasteiger partial charge in [0.15, 0.2) is 18.7 Å². The van der Waals surface area contributed by atoms with Crippen LogP contribution in [0.2, 0.25) is 0 Å². The van der Waals surface area contributed by atoms with Crippen molar-refractivity contribution in [3.8, 4) is 0 Å². The van der Waals surface area contributed by atoms with E-state index >= 15 is 0 Å². The minimum atomic E-state index is -1.76. The molecule has 0 aromatic heterocycles. The minimum Gasteiger partial charge on any atom is -0.462 e. The van der Waals surface area contributed by atoms with Gasteiger partial charge in [0.2, 0.25) is 0 Å². The molecule has 0 saturated carbocycles. The van der Waals surface area contributed by atoms with Crippen molar-refractivity contribution in [2.45, 2.75) is 300 Å². The van der Waals surface area contributed by atoms with E-state index in [1.807, 2.05) is 0 Å². The zero-order valence-corrected chi connectivity index (χ0v) is 43.8. The fourth-order valence-electron chi connectivity index (χ4n) is 9.10. The van der Waals surface area contributed by atoms with E-state index in [0.29, 0.717) is 12.8 Å². The van der Waals surface area contributed by atoms with Crippen molar-refractivity contribution >= 4 is 11.9 Å². The number of hydrogen-bond donors (Lipinski definition) is 7. The predicted molar refractivity (Wildman–Crippen MR) is 271 cm³/mol. The van der Waals surface area contributed by atoms with Gasteiger partial charge in [0.05, 0.1) is 19.8 Å². The van der Waals surface area contributed by atoms with Crippen LogP contribution in [0.15, 0.2) is 12.2 Å². The van der Waals surface area contributed by atoms with Crippen LogP contribution in [-0.4, -0.2) is 142 Å². The average Bonchev–Trinajstić information content (AvgIpc) is 3.35. The Morgan fingerprint density at radius 2 is 0.814 bits per heavy atom. The van der Waals surface area contributed by atoms with E-state index in [1.54, 1.807) is 0 Å². The number of aliphatic hydroxyl groups excluding tert-OH is 7. The van der Waals surface area contributed by atoms with E-state index in [9.17, 15) is 45.3 Å². The van der Waals surface area contributed by atoms with Crippen LogP contribution in [0.4, 0.5) is 0 Å². The summed E-state index contributed by atoms with van der Waals surface area (Å²) in [5, 5.41) is 72.2. The Morgan fingerprint density at radius 3 is 1.26 bits per heavy atom. The summed E-state index contributed by atoms with van der Waals surface area (Å²) in [6.07, 6.45) is 26.7. The van der Waals surface area contributed by atoms with Crippen LogP contribution in [0.25, 0.3) is 0 Å². The highest BCUT2D eigenvalue weighted by Gasteiger charge is 2.47. The van der Waals surface area contributed by atoms with Gasteiger partial charge in [0.25, 0.3) is 0 Å². The van der Waals surface area contributed by atoms with Crippen LogP contribution in [0.3, 0.4) is 0 Å². The number of aliphatic hydroxyl groups is 7. The number of unbranched alkanes of at least 4 members (excludes halogenated alkanes) is 29. The zero-order valence-electron chi connectivity index (χ0n) is 43.8. The number of carbonyl (C=O) groups is 2. The third-order valence-corrected chi connectivity index (χ3v) is 13.7. The van der Waals surface area contributed by atoms with Crippen molar-refractivity contribution in [3.05, 3.63) is 12.2 Å². The molecular formula is C55H102O15. The quantitative estimate of drug-likeness (QED) is 0.0172. The molecule has 0 bridgehead atoms. The maximum Gasteiger partial charge on any atom is 0.306 e. The summed E-state index contributed by atoms with van der Waals surface area (Å²) in [5.41, 5.74) is 0. The van der Waals surface area contributed by atoms with E-state index in [0.717, 1.165) is 57.8 Å². The molecule has 0 amide bonds. The molecule has 412 valence electrons. The minimum absolute atomic E-state index is 0.159. The first-order chi connectivity index (χ1) is 34.0. The summed E-state index contributed by atoms with van der Waals surface area (Å²) in [6, 6.07) is 0. The summed E-state index contributed by atoms with van der Waals surface area (Å²) >= 11 is 0. The van der Waals surface area contributed by atoms with Gasteiger partial charge in [-0.15, -0.1) is 0 Å². The smallest absolute Gasteiger partial charge is 0.306 e. The fourth-order valence-corrected chi connectivity index (χ4v) is 9.10.